The third kappa shape index (κ3) is 7.07. The van der Waals surface area contributed by atoms with Crippen LogP contribution in [0.4, 0.5) is 0 Å². The molecule has 5 aromatic carbocycles. The maximum absolute atomic E-state index is 6.54. The first-order valence-corrected chi connectivity index (χ1v) is 15.2. The molecule has 0 saturated heterocycles. The van der Waals surface area contributed by atoms with Crippen LogP contribution in [-0.4, -0.2) is 25.6 Å². The van der Waals surface area contributed by atoms with Gasteiger partial charge in [-0.25, -0.2) is 0 Å². The third-order valence-corrected chi connectivity index (χ3v) is 8.21. The van der Waals surface area contributed by atoms with Crippen LogP contribution >= 0.6 is 0 Å². The highest BCUT2D eigenvalue weighted by molar-refractivity contribution is 5.54. The second kappa shape index (κ2) is 14.2. The molecule has 0 N–H and O–H groups in total. The molecule has 0 bridgehead atoms. The second-order valence-corrected chi connectivity index (χ2v) is 11.2. The standard InChI is InChI=1S/C39H39NO4/c1-40-23-22-33-19-21-36(41-2)39(44-28-31-16-10-5-11-17-31)38(33)34(40)24-32-18-20-35(42-26-29-12-6-3-7-13-29)37(25-32)43-27-30-14-8-4-9-15-30/h3-21,25,34H,22-24,26-28H2,1-2H3. The van der Waals surface area contributed by atoms with E-state index in [-0.39, 0.29) is 6.04 Å². The van der Waals surface area contributed by atoms with Gasteiger partial charge in [0.2, 0.25) is 0 Å². The van der Waals surface area contributed by atoms with Gasteiger partial charge < -0.3 is 18.9 Å². The summed E-state index contributed by atoms with van der Waals surface area (Å²) in [7, 11) is 3.90. The summed E-state index contributed by atoms with van der Waals surface area (Å²) in [6, 6.07) is 41.4. The quantitative estimate of drug-likeness (QED) is 0.148. The lowest BCUT2D eigenvalue weighted by Gasteiger charge is -2.36. The van der Waals surface area contributed by atoms with Gasteiger partial charge in [-0.2, -0.15) is 0 Å². The van der Waals surface area contributed by atoms with Crippen LogP contribution in [0.2, 0.25) is 0 Å². The Morgan fingerprint density at radius 1 is 0.591 bits per heavy atom. The molecule has 5 nitrogen and oxygen atoms in total. The predicted octanol–water partition coefficient (Wildman–Crippen LogP) is 8.20. The summed E-state index contributed by atoms with van der Waals surface area (Å²) >= 11 is 0. The molecule has 1 heterocycles. The van der Waals surface area contributed by atoms with Crippen LogP contribution < -0.4 is 18.9 Å². The van der Waals surface area contributed by atoms with Crippen molar-refractivity contribution >= 4 is 0 Å². The molecule has 0 fully saturated rings. The van der Waals surface area contributed by atoms with Crippen molar-refractivity contribution in [2.24, 2.45) is 0 Å². The highest BCUT2D eigenvalue weighted by Gasteiger charge is 2.31. The summed E-state index contributed by atoms with van der Waals surface area (Å²) in [4.78, 5) is 2.42. The molecule has 0 aromatic heterocycles. The Balaban J connectivity index is 1.29. The van der Waals surface area contributed by atoms with Crippen LogP contribution in [0, 0.1) is 0 Å². The molecule has 6 rings (SSSR count). The van der Waals surface area contributed by atoms with E-state index in [1.54, 1.807) is 7.11 Å². The Morgan fingerprint density at radius 2 is 1.14 bits per heavy atom. The van der Waals surface area contributed by atoms with Crippen LogP contribution in [0.3, 0.4) is 0 Å². The number of benzene rings is 5. The first kappa shape index (κ1) is 29.3. The molecule has 44 heavy (non-hydrogen) atoms. The van der Waals surface area contributed by atoms with Gasteiger partial charge in [0.1, 0.15) is 19.8 Å². The van der Waals surface area contributed by atoms with Gasteiger partial charge in [0.15, 0.2) is 23.0 Å². The smallest absolute Gasteiger partial charge is 0.166 e. The van der Waals surface area contributed by atoms with Gasteiger partial charge in [0, 0.05) is 18.2 Å². The van der Waals surface area contributed by atoms with E-state index in [1.165, 1.54) is 16.7 Å². The number of fused-ring (bicyclic) bond motifs is 1. The monoisotopic (exact) mass is 585 g/mol. The number of likely N-dealkylation sites (N-methyl/N-ethyl adjacent to an activating group) is 1. The molecular formula is C39H39NO4. The number of hydrogen-bond acceptors (Lipinski definition) is 5. The predicted molar refractivity (Wildman–Crippen MR) is 175 cm³/mol. The summed E-state index contributed by atoms with van der Waals surface area (Å²) < 4.78 is 25.1. The molecular weight excluding hydrogens is 546 g/mol. The van der Waals surface area contributed by atoms with Gasteiger partial charge in [-0.1, -0.05) is 103 Å². The van der Waals surface area contributed by atoms with Crippen molar-refractivity contribution in [1.82, 2.24) is 4.90 Å². The lowest BCUT2D eigenvalue weighted by Crippen LogP contribution is -2.34. The largest absolute Gasteiger partial charge is 0.493 e. The van der Waals surface area contributed by atoms with E-state index < -0.39 is 0 Å². The van der Waals surface area contributed by atoms with Crippen molar-refractivity contribution in [3.63, 3.8) is 0 Å². The number of nitrogens with zero attached hydrogens (tertiary/aromatic N) is 1. The van der Waals surface area contributed by atoms with E-state index >= 15 is 0 Å². The summed E-state index contributed by atoms with van der Waals surface area (Å²) in [6.45, 7) is 2.39. The van der Waals surface area contributed by atoms with Gasteiger partial charge in [-0.3, -0.25) is 4.90 Å². The Kier molecular flexibility index (Phi) is 9.44. The fourth-order valence-corrected chi connectivity index (χ4v) is 5.78. The highest BCUT2D eigenvalue weighted by atomic mass is 16.5. The normalized spacial score (nSPS) is 14.5. The van der Waals surface area contributed by atoms with Crippen molar-refractivity contribution in [2.45, 2.75) is 38.7 Å². The van der Waals surface area contributed by atoms with Crippen molar-refractivity contribution in [1.29, 1.82) is 0 Å². The first-order chi connectivity index (χ1) is 21.7. The van der Waals surface area contributed by atoms with Crippen LogP contribution in [0.15, 0.2) is 121 Å². The molecule has 1 aliphatic heterocycles. The van der Waals surface area contributed by atoms with Crippen LogP contribution in [-0.2, 0) is 32.7 Å². The van der Waals surface area contributed by atoms with Crippen molar-refractivity contribution in [3.8, 4) is 23.0 Å². The number of methoxy groups -OCH3 is 1. The fourth-order valence-electron chi connectivity index (χ4n) is 5.78. The van der Waals surface area contributed by atoms with Gasteiger partial charge in [-0.15, -0.1) is 0 Å². The minimum atomic E-state index is 0.109. The maximum atomic E-state index is 6.54. The average Bonchev–Trinajstić information content (AvgIpc) is 3.08. The second-order valence-electron chi connectivity index (χ2n) is 11.2. The Hall–Kier alpha value is -4.74. The first-order valence-electron chi connectivity index (χ1n) is 15.2. The zero-order valence-electron chi connectivity index (χ0n) is 25.4. The highest BCUT2D eigenvalue weighted by Crippen LogP contribution is 2.44. The number of rotatable bonds is 12. The average molecular weight is 586 g/mol. The summed E-state index contributed by atoms with van der Waals surface area (Å²) in [6.07, 6.45) is 1.75. The summed E-state index contributed by atoms with van der Waals surface area (Å²) in [5, 5.41) is 0. The van der Waals surface area contributed by atoms with Gasteiger partial charge >= 0.3 is 0 Å². The maximum Gasteiger partial charge on any atom is 0.166 e. The molecule has 0 aliphatic carbocycles. The zero-order chi connectivity index (χ0) is 30.1. The lowest BCUT2D eigenvalue weighted by atomic mass is 9.88. The fraction of sp³-hybridized carbons (Fsp3) is 0.231. The molecule has 0 amide bonds. The lowest BCUT2D eigenvalue weighted by molar-refractivity contribution is 0.211. The van der Waals surface area contributed by atoms with Crippen molar-refractivity contribution in [2.75, 3.05) is 20.7 Å². The zero-order valence-corrected chi connectivity index (χ0v) is 25.4. The summed E-state index contributed by atoms with van der Waals surface area (Å²) in [5.41, 5.74) is 7.02. The van der Waals surface area contributed by atoms with E-state index in [0.29, 0.717) is 19.8 Å². The van der Waals surface area contributed by atoms with Crippen molar-refractivity contribution < 1.29 is 18.9 Å². The number of hydrogen-bond donors (Lipinski definition) is 0. The Labute approximate surface area is 260 Å². The number of ether oxygens (including phenoxy) is 4. The van der Waals surface area contributed by atoms with Gasteiger partial charge in [0.05, 0.1) is 7.11 Å². The van der Waals surface area contributed by atoms with Gasteiger partial charge in [-0.05, 0) is 65.9 Å². The minimum absolute atomic E-state index is 0.109. The topological polar surface area (TPSA) is 40.2 Å². The molecule has 5 aromatic rings. The van der Waals surface area contributed by atoms with E-state index in [0.717, 1.165) is 59.1 Å². The Morgan fingerprint density at radius 3 is 1.73 bits per heavy atom. The van der Waals surface area contributed by atoms with Crippen molar-refractivity contribution in [3.05, 3.63) is 155 Å². The van der Waals surface area contributed by atoms with E-state index in [9.17, 15) is 0 Å². The van der Waals surface area contributed by atoms with E-state index in [2.05, 4.69) is 66.5 Å². The molecule has 5 heteroatoms. The molecule has 224 valence electrons. The molecule has 1 aliphatic rings. The van der Waals surface area contributed by atoms with Crippen LogP contribution in [0.25, 0.3) is 0 Å². The van der Waals surface area contributed by atoms with Crippen LogP contribution in [0.5, 0.6) is 23.0 Å². The molecule has 0 spiro atoms. The van der Waals surface area contributed by atoms with E-state index in [4.69, 9.17) is 18.9 Å². The molecule has 1 unspecified atom stereocenters. The van der Waals surface area contributed by atoms with Gasteiger partial charge in [0.25, 0.3) is 0 Å². The minimum Gasteiger partial charge on any atom is -0.493 e. The SMILES string of the molecule is COc1ccc2c(c1OCc1ccccc1)C(Cc1ccc(OCc3ccccc3)c(OCc3ccccc3)c1)N(C)CC2. The molecule has 0 saturated carbocycles. The van der Waals surface area contributed by atoms with Crippen LogP contribution in [0.1, 0.15) is 39.4 Å². The molecule has 1 atom stereocenters. The Bertz CT molecular complexity index is 1640. The van der Waals surface area contributed by atoms with E-state index in [1.807, 2.05) is 66.7 Å². The summed E-state index contributed by atoms with van der Waals surface area (Å²) in [5.74, 6) is 3.07. The third-order valence-electron chi connectivity index (χ3n) is 8.21. The molecule has 0 radical (unpaired) electrons.